The summed E-state index contributed by atoms with van der Waals surface area (Å²) >= 11 is 0. The Labute approximate surface area is 319 Å². The van der Waals surface area contributed by atoms with Gasteiger partial charge in [0.25, 0.3) is 0 Å². The molecule has 0 bridgehead atoms. The lowest BCUT2D eigenvalue weighted by Crippen LogP contribution is -2.74. The van der Waals surface area contributed by atoms with Crippen molar-refractivity contribution in [2.45, 2.75) is 154 Å². The molecule has 0 aromatic heterocycles. The summed E-state index contributed by atoms with van der Waals surface area (Å²) < 4.78 is 46.2. The van der Waals surface area contributed by atoms with E-state index in [2.05, 4.69) is 0 Å². The molecule has 0 spiro atoms. The number of hydrogen-bond acceptors (Lipinski definition) is 16. The first-order chi connectivity index (χ1) is 25.8. The molecule has 55 heavy (non-hydrogen) atoms. The van der Waals surface area contributed by atoms with Gasteiger partial charge in [0.05, 0.1) is 30.0 Å². The molecule has 0 aromatic carbocycles. The van der Waals surface area contributed by atoms with E-state index in [-0.39, 0.29) is 57.7 Å². The molecule has 0 aromatic rings. The number of carbonyl (C=O) groups is 6. The second-order valence-corrected chi connectivity index (χ2v) is 16.4. The lowest BCUT2D eigenvalue weighted by molar-refractivity contribution is -0.326. The molecule has 2 heterocycles. The Bertz CT molecular complexity index is 1610. The maximum absolute atomic E-state index is 14.5. The fraction of sp³-hybridized carbons (Fsp3) is 0.795. The number of rotatable bonds is 9. The summed E-state index contributed by atoms with van der Waals surface area (Å²) in [4.78, 5) is 76.0. The highest BCUT2D eigenvalue weighted by Gasteiger charge is 2.77. The van der Waals surface area contributed by atoms with Crippen molar-refractivity contribution in [1.82, 2.24) is 0 Å². The Morgan fingerprint density at radius 1 is 0.836 bits per heavy atom. The van der Waals surface area contributed by atoms with E-state index in [0.29, 0.717) is 12.8 Å². The summed E-state index contributed by atoms with van der Waals surface area (Å²) in [7, 11) is 0. The second kappa shape index (κ2) is 15.1. The summed E-state index contributed by atoms with van der Waals surface area (Å²) in [5.41, 5.74) is -4.86. The first-order valence-corrected chi connectivity index (χ1v) is 19.3. The molecule has 6 aliphatic rings. The van der Waals surface area contributed by atoms with Crippen LogP contribution in [0.5, 0.6) is 0 Å². The number of cyclic esters (lactones) is 1. The van der Waals surface area contributed by atoms with E-state index in [4.69, 9.17) is 37.9 Å². The Kier molecular flexibility index (Phi) is 11.2. The molecule has 16 heteroatoms. The van der Waals surface area contributed by atoms with Crippen molar-refractivity contribution in [2.75, 3.05) is 13.2 Å². The molecule has 0 amide bonds. The summed E-state index contributed by atoms with van der Waals surface area (Å²) in [5, 5.41) is 25.8. The van der Waals surface area contributed by atoms with Crippen LogP contribution in [0.15, 0.2) is 11.6 Å². The Balaban J connectivity index is 1.35. The van der Waals surface area contributed by atoms with Crippen molar-refractivity contribution >= 4 is 35.8 Å². The molecule has 2 N–H and O–H groups in total. The van der Waals surface area contributed by atoms with Gasteiger partial charge in [-0.3, -0.25) is 24.0 Å². The van der Waals surface area contributed by atoms with Crippen LogP contribution in [-0.2, 0) is 66.7 Å². The van der Waals surface area contributed by atoms with Crippen LogP contribution in [0, 0.1) is 28.6 Å². The molecular weight excluding hydrogens is 724 g/mol. The summed E-state index contributed by atoms with van der Waals surface area (Å²) in [5.74, 6) is -5.52. The minimum absolute atomic E-state index is 0.0113. The van der Waals surface area contributed by atoms with Crippen LogP contribution < -0.4 is 0 Å². The number of hydrogen-bond donors (Lipinski definition) is 2. The smallest absolute Gasteiger partial charge is 0.331 e. The normalized spacial score (nSPS) is 43.4. The number of aliphatic hydroxyl groups is 2. The lowest BCUT2D eigenvalue weighted by atomic mass is 9.40. The topological polar surface area (TPSA) is 217 Å². The van der Waals surface area contributed by atoms with Gasteiger partial charge in [-0.1, -0.05) is 6.92 Å². The van der Waals surface area contributed by atoms with Crippen molar-refractivity contribution in [3.63, 3.8) is 0 Å². The van der Waals surface area contributed by atoms with E-state index >= 15 is 0 Å². The van der Waals surface area contributed by atoms with Gasteiger partial charge in [-0.15, -0.1) is 0 Å². The third-order valence-electron chi connectivity index (χ3n) is 13.4. The second-order valence-electron chi connectivity index (χ2n) is 16.4. The first-order valence-electron chi connectivity index (χ1n) is 19.3. The predicted octanol–water partition coefficient (Wildman–Crippen LogP) is 2.37. The van der Waals surface area contributed by atoms with E-state index in [1.807, 2.05) is 6.92 Å². The number of ether oxygens (including phenoxy) is 8. The van der Waals surface area contributed by atoms with Gasteiger partial charge in [0.1, 0.15) is 18.1 Å². The van der Waals surface area contributed by atoms with Crippen LogP contribution in [0.2, 0.25) is 0 Å². The summed E-state index contributed by atoms with van der Waals surface area (Å²) in [6.07, 6.45) is -4.77. The monoisotopic (exact) mass is 778 g/mol. The van der Waals surface area contributed by atoms with Crippen molar-refractivity contribution in [3.8, 4) is 0 Å². The van der Waals surface area contributed by atoms with Crippen LogP contribution in [0.3, 0.4) is 0 Å². The molecule has 1 saturated heterocycles. The summed E-state index contributed by atoms with van der Waals surface area (Å²) in [6, 6.07) is 0. The predicted molar refractivity (Wildman–Crippen MR) is 185 cm³/mol. The SMILES string of the molecule is CCOC(=O)[C@]12CC[C@H](O[C@@H]3O[C@@H](C)[C@@H](OC(C)=O)[C@@H](OC(C)=O)[C@H]3OC(C)=O)C[C@@]1(O)CC[C@@H]1[C@@H]2[C@H](OC(C)=O)C[C@]2(C)[C@@H](C3=CC(=O)OC3)CC[C@]12O. The minimum Gasteiger partial charge on any atom is -0.465 e. The highest BCUT2D eigenvalue weighted by Crippen LogP contribution is 2.71. The van der Waals surface area contributed by atoms with Gasteiger partial charge in [-0.05, 0) is 76.2 Å². The largest absolute Gasteiger partial charge is 0.465 e. The maximum Gasteiger partial charge on any atom is 0.331 e. The molecule has 2 aliphatic heterocycles. The van der Waals surface area contributed by atoms with Crippen LogP contribution in [0.1, 0.15) is 99.8 Å². The van der Waals surface area contributed by atoms with Gasteiger partial charge >= 0.3 is 35.8 Å². The number of carbonyl (C=O) groups excluding carboxylic acids is 6. The molecule has 16 nitrogen and oxygen atoms in total. The van der Waals surface area contributed by atoms with Gasteiger partial charge < -0.3 is 48.1 Å². The zero-order valence-corrected chi connectivity index (χ0v) is 32.5. The first kappa shape index (κ1) is 41.0. The van der Waals surface area contributed by atoms with Crippen LogP contribution in [-0.4, -0.2) is 113 Å². The molecule has 4 saturated carbocycles. The van der Waals surface area contributed by atoms with Gasteiger partial charge in [0.15, 0.2) is 24.6 Å². The molecular formula is C39H54O16. The Morgan fingerprint density at radius 3 is 2.07 bits per heavy atom. The van der Waals surface area contributed by atoms with Gasteiger partial charge in [-0.25, -0.2) is 4.79 Å². The van der Waals surface area contributed by atoms with E-state index in [0.717, 1.165) is 19.4 Å². The molecule has 6 rings (SSSR count). The fourth-order valence-corrected chi connectivity index (χ4v) is 11.4. The van der Waals surface area contributed by atoms with Crippen molar-refractivity contribution in [1.29, 1.82) is 0 Å². The van der Waals surface area contributed by atoms with Gasteiger partial charge in [-0.2, -0.15) is 0 Å². The fourth-order valence-electron chi connectivity index (χ4n) is 11.4. The quantitative estimate of drug-likeness (QED) is 0.195. The van der Waals surface area contributed by atoms with Gasteiger partial charge in [0.2, 0.25) is 0 Å². The molecule has 5 fully saturated rings. The Morgan fingerprint density at radius 2 is 1.47 bits per heavy atom. The van der Waals surface area contributed by atoms with Crippen LogP contribution in [0.25, 0.3) is 0 Å². The number of esters is 6. The van der Waals surface area contributed by atoms with Crippen LogP contribution >= 0.6 is 0 Å². The molecule has 4 aliphatic carbocycles. The maximum atomic E-state index is 14.5. The average Bonchev–Trinajstić information content (AvgIpc) is 3.62. The molecule has 14 atom stereocenters. The highest BCUT2D eigenvalue weighted by atomic mass is 16.7. The number of fused-ring (bicyclic) bond motifs is 5. The zero-order valence-electron chi connectivity index (χ0n) is 32.5. The molecule has 0 radical (unpaired) electrons. The molecule has 0 unspecified atom stereocenters. The van der Waals surface area contributed by atoms with Gasteiger partial charge in [0, 0.05) is 51.5 Å². The third kappa shape index (κ3) is 6.94. The van der Waals surface area contributed by atoms with Crippen molar-refractivity contribution in [3.05, 3.63) is 11.6 Å². The summed E-state index contributed by atoms with van der Waals surface area (Å²) in [6.45, 7) is 10.1. The third-order valence-corrected chi connectivity index (χ3v) is 13.4. The highest BCUT2D eigenvalue weighted by molar-refractivity contribution is 5.85. The zero-order chi connectivity index (χ0) is 40.2. The van der Waals surface area contributed by atoms with Crippen molar-refractivity contribution < 1.29 is 76.9 Å². The standard InChI is InChI=1S/C39H54O16/c1-8-48-35(45)38-13-9-25(55-34-33(54-23(6)43)32(53-22(5)42)31(19(2)50-34)52-21(4)41)16-37(38,46)12-10-27-30(38)28(51-20(3)40)17-36(7)26(11-14-39(27,36)47)24-15-29(44)49-18-24/h15,19,25-28,30-34,46-47H,8-14,16-18H2,1-7H3/t19-,25-,26+,27+,28+,30+,31+,32+,33+,34-,36+,37-,38+,39-/m0/s1. The van der Waals surface area contributed by atoms with Crippen molar-refractivity contribution in [2.24, 2.45) is 28.6 Å². The Hall–Kier alpha value is -3.60. The van der Waals surface area contributed by atoms with E-state index < -0.39 is 113 Å². The van der Waals surface area contributed by atoms with Crippen LogP contribution in [0.4, 0.5) is 0 Å². The van der Waals surface area contributed by atoms with E-state index in [1.165, 1.54) is 19.9 Å². The van der Waals surface area contributed by atoms with E-state index in [9.17, 15) is 39.0 Å². The average molecular weight is 779 g/mol. The minimum atomic E-state index is -1.79. The molecule has 306 valence electrons. The van der Waals surface area contributed by atoms with E-state index in [1.54, 1.807) is 13.8 Å². The lowest BCUT2D eigenvalue weighted by Gasteiger charge is -2.66.